The van der Waals surface area contributed by atoms with Gasteiger partial charge in [0, 0.05) is 18.5 Å². The Kier molecular flexibility index (Phi) is 10.5. The Hall–Kier alpha value is -3.92. The van der Waals surface area contributed by atoms with Gasteiger partial charge in [-0.05, 0) is 49.7 Å². The van der Waals surface area contributed by atoms with Crippen molar-refractivity contribution in [3.63, 3.8) is 0 Å². The van der Waals surface area contributed by atoms with Crippen LogP contribution in [0.4, 0.5) is 5.69 Å². The quantitative estimate of drug-likeness (QED) is 0.344. The van der Waals surface area contributed by atoms with Crippen LogP contribution in [0.15, 0.2) is 48.5 Å². The fourth-order valence-corrected chi connectivity index (χ4v) is 2.84. The minimum atomic E-state index is -0.738. The van der Waals surface area contributed by atoms with Crippen LogP contribution in [0.1, 0.15) is 46.9 Å². The van der Waals surface area contributed by atoms with Gasteiger partial charge in [-0.15, -0.1) is 0 Å². The van der Waals surface area contributed by atoms with Crippen LogP contribution >= 0.6 is 11.6 Å². The van der Waals surface area contributed by atoms with Gasteiger partial charge in [0.2, 0.25) is 5.91 Å². The first kappa shape index (κ1) is 26.3. The predicted molar refractivity (Wildman–Crippen MR) is 123 cm³/mol. The first-order valence-electron chi connectivity index (χ1n) is 10.4. The number of amides is 3. The summed E-state index contributed by atoms with van der Waals surface area (Å²) in [7, 11) is 0. The monoisotopic (exact) mass is 489 g/mol. The largest absolute Gasteiger partial charge is 0.462 e. The standard InChI is InChI=1S/C23H24ClN3O7/c1-2-33-23(32)15-10-12-16(13-11-15)25-19(28)8-5-9-21(30)34-14-20(29)26-27-22(31)17-6-3-4-7-18(17)24/h3-4,6-7,10-13H,2,5,8-9,14H2,1H3,(H,25,28)(H,26,29)(H,27,31). The summed E-state index contributed by atoms with van der Waals surface area (Å²) in [6.45, 7) is 1.38. The summed E-state index contributed by atoms with van der Waals surface area (Å²) >= 11 is 5.89. The number of anilines is 1. The summed E-state index contributed by atoms with van der Waals surface area (Å²) in [4.78, 5) is 59.0. The Morgan fingerprint density at radius 1 is 0.853 bits per heavy atom. The van der Waals surface area contributed by atoms with E-state index in [0.29, 0.717) is 11.3 Å². The lowest BCUT2D eigenvalue weighted by atomic mass is 10.2. The second-order valence-electron chi connectivity index (χ2n) is 6.84. The third-order valence-electron chi connectivity index (χ3n) is 4.26. The van der Waals surface area contributed by atoms with Crippen molar-refractivity contribution >= 4 is 46.9 Å². The normalized spacial score (nSPS) is 10.1. The minimum absolute atomic E-state index is 0.0504. The third kappa shape index (κ3) is 8.91. The van der Waals surface area contributed by atoms with Crippen molar-refractivity contribution in [3.8, 4) is 0 Å². The highest BCUT2D eigenvalue weighted by molar-refractivity contribution is 6.33. The highest BCUT2D eigenvalue weighted by atomic mass is 35.5. The Bertz CT molecular complexity index is 1040. The molecule has 2 aromatic rings. The number of esters is 2. The molecule has 0 bridgehead atoms. The van der Waals surface area contributed by atoms with Gasteiger partial charge in [-0.1, -0.05) is 23.7 Å². The molecule has 0 atom stereocenters. The predicted octanol–water partition coefficient (Wildman–Crippen LogP) is 2.63. The molecule has 10 nitrogen and oxygen atoms in total. The summed E-state index contributed by atoms with van der Waals surface area (Å²) < 4.78 is 9.70. The van der Waals surface area contributed by atoms with E-state index in [9.17, 15) is 24.0 Å². The molecular formula is C23H24ClN3O7. The summed E-state index contributed by atoms with van der Waals surface area (Å²) in [6, 6.07) is 12.5. The Labute approximate surface area is 200 Å². The summed E-state index contributed by atoms with van der Waals surface area (Å²) in [5, 5.41) is 2.87. The van der Waals surface area contributed by atoms with E-state index >= 15 is 0 Å². The number of halogens is 1. The molecule has 11 heteroatoms. The smallest absolute Gasteiger partial charge is 0.338 e. The van der Waals surface area contributed by atoms with Gasteiger partial charge >= 0.3 is 11.9 Å². The van der Waals surface area contributed by atoms with Gasteiger partial charge < -0.3 is 14.8 Å². The first-order chi connectivity index (χ1) is 16.3. The maximum Gasteiger partial charge on any atom is 0.338 e. The van der Waals surface area contributed by atoms with Crippen molar-refractivity contribution in [1.29, 1.82) is 0 Å². The van der Waals surface area contributed by atoms with Gasteiger partial charge in [0.25, 0.3) is 11.8 Å². The molecule has 0 fully saturated rings. The Balaban J connectivity index is 1.62. The van der Waals surface area contributed by atoms with Gasteiger partial charge in [0.05, 0.1) is 22.8 Å². The summed E-state index contributed by atoms with van der Waals surface area (Å²) in [5.74, 6) is -2.80. The Morgan fingerprint density at radius 2 is 1.56 bits per heavy atom. The van der Waals surface area contributed by atoms with Gasteiger partial charge in [-0.3, -0.25) is 30.0 Å². The number of carbonyl (C=O) groups is 5. The average Bonchev–Trinajstić information content (AvgIpc) is 2.82. The molecule has 0 spiro atoms. The molecule has 0 heterocycles. The summed E-state index contributed by atoms with van der Waals surface area (Å²) in [5.41, 5.74) is 5.33. The molecule has 0 unspecified atom stereocenters. The van der Waals surface area contributed by atoms with Crippen molar-refractivity contribution in [2.24, 2.45) is 0 Å². The van der Waals surface area contributed by atoms with Crippen molar-refractivity contribution in [2.45, 2.75) is 26.2 Å². The molecular weight excluding hydrogens is 466 g/mol. The first-order valence-corrected chi connectivity index (χ1v) is 10.7. The van der Waals surface area contributed by atoms with E-state index in [1.807, 2.05) is 0 Å². The molecule has 0 saturated heterocycles. The maximum absolute atomic E-state index is 12.0. The molecule has 3 N–H and O–H groups in total. The van der Waals surface area contributed by atoms with E-state index in [1.165, 1.54) is 24.3 Å². The lowest BCUT2D eigenvalue weighted by Gasteiger charge is -2.09. The molecule has 180 valence electrons. The van der Waals surface area contributed by atoms with Crippen molar-refractivity contribution in [2.75, 3.05) is 18.5 Å². The average molecular weight is 490 g/mol. The van der Waals surface area contributed by atoms with E-state index in [-0.39, 0.29) is 42.4 Å². The highest BCUT2D eigenvalue weighted by Gasteiger charge is 2.13. The topological polar surface area (TPSA) is 140 Å². The zero-order valence-electron chi connectivity index (χ0n) is 18.4. The molecule has 2 rings (SSSR count). The molecule has 0 radical (unpaired) electrons. The lowest BCUT2D eigenvalue weighted by Crippen LogP contribution is -2.43. The van der Waals surface area contributed by atoms with Crippen LogP contribution in [0.25, 0.3) is 0 Å². The Morgan fingerprint density at radius 3 is 2.24 bits per heavy atom. The zero-order chi connectivity index (χ0) is 24.9. The number of hydrogen-bond donors (Lipinski definition) is 3. The molecule has 0 aliphatic carbocycles. The van der Waals surface area contributed by atoms with Crippen molar-refractivity contribution < 1.29 is 33.4 Å². The van der Waals surface area contributed by atoms with Gasteiger partial charge in [0.15, 0.2) is 6.61 Å². The molecule has 34 heavy (non-hydrogen) atoms. The van der Waals surface area contributed by atoms with E-state index in [0.717, 1.165) is 0 Å². The van der Waals surface area contributed by atoms with E-state index in [2.05, 4.69) is 16.2 Å². The fraction of sp³-hybridized carbons (Fsp3) is 0.261. The van der Waals surface area contributed by atoms with Crippen molar-refractivity contribution in [3.05, 3.63) is 64.7 Å². The number of rotatable bonds is 10. The van der Waals surface area contributed by atoms with Crippen LogP contribution in [0.2, 0.25) is 5.02 Å². The third-order valence-corrected chi connectivity index (χ3v) is 4.59. The van der Waals surface area contributed by atoms with Gasteiger partial charge in [-0.25, -0.2) is 4.79 Å². The van der Waals surface area contributed by atoms with Gasteiger partial charge in [0.1, 0.15) is 0 Å². The highest BCUT2D eigenvalue weighted by Crippen LogP contribution is 2.14. The van der Waals surface area contributed by atoms with Crippen LogP contribution in [-0.2, 0) is 23.9 Å². The number of carbonyl (C=O) groups excluding carboxylic acids is 5. The maximum atomic E-state index is 12.0. The lowest BCUT2D eigenvalue weighted by molar-refractivity contribution is -0.148. The molecule has 0 aliphatic heterocycles. The minimum Gasteiger partial charge on any atom is -0.462 e. The van der Waals surface area contributed by atoms with Crippen LogP contribution in [-0.4, -0.2) is 42.9 Å². The molecule has 0 aromatic heterocycles. The zero-order valence-corrected chi connectivity index (χ0v) is 19.1. The van der Waals surface area contributed by atoms with Crippen LogP contribution < -0.4 is 16.2 Å². The molecule has 2 aromatic carbocycles. The molecule has 3 amide bonds. The van der Waals surface area contributed by atoms with E-state index in [1.54, 1.807) is 31.2 Å². The number of hydrazine groups is 1. The van der Waals surface area contributed by atoms with Crippen LogP contribution in [0.3, 0.4) is 0 Å². The van der Waals surface area contributed by atoms with Crippen LogP contribution in [0.5, 0.6) is 0 Å². The second kappa shape index (κ2) is 13.6. The number of benzene rings is 2. The van der Waals surface area contributed by atoms with Gasteiger partial charge in [-0.2, -0.15) is 0 Å². The number of hydrogen-bond acceptors (Lipinski definition) is 7. The number of ether oxygens (including phenoxy) is 2. The van der Waals surface area contributed by atoms with Crippen LogP contribution in [0, 0.1) is 0 Å². The molecule has 0 saturated carbocycles. The molecule has 0 aliphatic rings. The van der Waals surface area contributed by atoms with E-state index < -0.39 is 30.4 Å². The summed E-state index contributed by atoms with van der Waals surface area (Å²) in [6.07, 6.45) is 0.180. The van der Waals surface area contributed by atoms with Crippen molar-refractivity contribution in [1.82, 2.24) is 10.9 Å². The van der Waals surface area contributed by atoms with E-state index in [4.69, 9.17) is 21.1 Å². The number of nitrogens with one attached hydrogen (secondary N) is 3. The second-order valence-corrected chi connectivity index (χ2v) is 7.25. The SMILES string of the molecule is CCOC(=O)c1ccc(NC(=O)CCCC(=O)OCC(=O)NNC(=O)c2ccccc2Cl)cc1. The fourth-order valence-electron chi connectivity index (χ4n) is 2.61.